The summed E-state index contributed by atoms with van der Waals surface area (Å²) in [6, 6.07) is 1.81. The predicted molar refractivity (Wildman–Crippen MR) is 87.3 cm³/mol. The minimum atomic E-state index is -1.36. The molecule has 2 aromatic rings. The maximum absolute atomic E-state index is 12.5. The zero-order valence-corrected chi connectivity index (χ0v) is 13.8. The van der Waals surface area contributed by atoms with E-state index in [9.17, 15) is 9.90 Å². The van der Waals surface area contributed by atoms with Crippen LogP contribution in [0.2, 0.25) is 0 Å². The van der Waals surface area contributed by atoms with Crippen LogP contribution in [0.1, 0.15) is 18.4 Å². The highest BCUT2D eigenvalue weighted by molar-refractivity contribution is 5.86. The molecule has 8 heteroatoms. The summed E-state index contributed by atoms with van der Waals surface area (Å²) in [4.78, 5) is 18.5. The van der Waals surface area contributed by atoms with Crippen LogP contribution < -0.4 is 5.32 Å². The van der Waals surface area contributed by atoms with Gasteiger partial charge in [-0.2, -0.15) is 5.10 Å². The van der Waals surface area contributed by atoms with Gasteiger partial charge in [0.05, 0.1) is 12.8 Å². The molecule has 1 saturated heterocycles. The quantitative estimate of drug-likeness (QED) is 0.730. The Morgan fingerprint density at radius 2 is 2.38 bits per heavy atom. The third-order valence-corrected chi connectivity index (χ3v) is 4.35. The maximum atomic E-state index is 12.5. The van der Waals surface area contributed by atoms with E-state index in [0.717, 1.165) is 17.6 Å². The lowest BCUT2D eigenvalue weighted by atomic mass is 9.91. The van der Waals surface area contributed by atoms with Crippen molar-refractivity contribution in [1.82, 2.24) is 24.8 Å². The summed E-state index contributed by atoms with van der Waals surface area (Å²) in [6.07, 6.45) is 6.54. The number of carbonyl (C=O) groups excluding carboxylic acids is 1. The van der Waals surface area contributed by atoms with E-state index >= 15 is 0 Å². The van der Waals surface area contributed by atoms with Crippen LogP contribution in [-0.4, -0.2) is 69.5 Å². The number of hydrogen-bond donors (Lipinski definition) is 2. The highest BCUT2D eigenvalue weighted by atomic mass is 16.5. The van der Waals surface area contributed by atoms with Crippen molar-refractivity contribution in [2.45, 2.75) is 25.0 Å². The van der Waals surface area contributed by atoms with Gasteiger partial charge < -0.3 is 20.1 Å². The van der Waals surface area contributed by atoms with Gasteiger partial charge in [-0.15, -0.1) is 0 Å². The zero-order chi connectivity index (χ0) is 17.0. The third-order valence-electron chi connectivity index (χ3n) is 4.35. The molecule has 0 saturated carbocycles. The van der Waals surface area contributed by atoms with Gasteiger partial charge in [-0.1, -0.05) is 0 Å². The zero-order valence-electron chi connectivity index (χ0n) is 13.8. The lowest BCUT2D eigenvalue weighted by molar-refractivity contribution is -0.157. The summed E-state index contributed by atoms with van der Waals surface area (Å²) in [7, 11) is 1.60. The smallest absolute Gasteiger partial charge is 0.255 e. The first-order valence-electron chi connectivity index (χ1n) is 8.13. The summed E-state index contributed by atoms with van der Waals surface area (Å²) < 4.78 is 6.72. The van der Waals surface area contributed by atoms with Crippen molar-refractivity contribution in [1.29, 1.82) is 0 Å². The van der Waals surface area contributed by atoms with E-state index < -0.39 is 5.60 Å². The van der Waals surface area contributed by atoms with Gasteiger partial charge in [-0.05, 0) is 18.9 Å². The highest BCUT2D eigenvalue weighted by Crippen LogP contribution is 2.22. The van der Waals surface area contributed by atoms with Gasteiger partial charge in [-0.3, -0.25) is 4.79 Å². The summed E-state index contributed by atoms with van der Waals surface area (Å²) in [5.41, 5.74) is 0.343. The molecule has 2 aromatic heterocycles. The monoisotopic (exact) mass is 333 g/mol. The molecule has 1 aliphatic rings. The van der Waals surface area contributed by atoms with Crippen molar-refractivity contribution in [2.24, 2.45) is 0 Å². The average molecular weight is 333 g/mol. The lowest BCUT2D eigenvalue weighted by Crippen LogP contribution is -2.58. The van der Waals surface area contributed by atoms with Gasteiger partial charge in [0.2, 0.25) is 0 Å². The number of nitrogens with one attached hydrogen (secondary N) is 1. The molecule has 0 spiro atoms. The molecule has 3 rings (SSSR count). The Hall–Kier alpha value is -2.03. The number of aromatic nitrogens is 3. The van der Waals surface area contributed by atoms with E-state index in [1.807, 2.05) is 12.3 Å². The molecule has 0 bridgehead atoms. The van der Waals surface area contributed by atoms with Gasteiger partial charge in [0.25, 0.3) is 5.91 Å². The second kappa shape index (κ2) is 7.25. The van der Waals surface area contributed by atoms with Crippen molar-refractivity contribution in [3.8, 4) is 0 Å². The van der Waals surface area contributed by atoms with Crippen molar-refractivity contribution >= 4 is 11.6 Å². The summed E-state index contributed by atoms with van der Waals surface area (Å²) >= 11 is 0. The van der Waals surface area contributed by atoms with Crippen molar-refractivity contribution in [3.63, 3.8) is 0 Å². The van der Waals surface area contributed by atoms with E-state index in [-0.39, 0.29) is 12.5 Å². The van der Waals surface area contributed by atoms with Crippen molar-refractivity contribution < 1.29 is 14.6 Å². The Morgan fingerprint density at radius 1 is 1.50 bits per heavy atom. The fourth-order valence-corrected chi connectivity index (χ4v) is 3.05. The van der Waals surface area contributed by atoms with Gasteiger partial charge >= 0.3 is 0 Å². The topological polar surface area (TPSA) is 92.0 Å². The molecule has 130 valence electrons. The molecule has 0 aliphatic carbocycles. The van der Waals surface area contributed by atoms with Crippen LogP contribution in [0.3, 0.4) is 0 Å². The summed E-state index contributed by atoms with van der Waals surface area (Å²) in [5, 5.41) is 18.1. The number of methoxy groups -OCH3 is 1. The van der Waals surface area contributed by atoms with Crippen LogP contribution in [0.5, 0.6) is 0 Å². The molecule has 1 atom stereocenters. The Kier molecular flexibility index (Phi) is 5.08. The Bertz CT molecular complexity index is 704. The molecular formula is C16H23N5O3. The van der Waals surface area contributed by atoms with Gasteiger partial charge in [0.1, 0.15) is 0 Å². The predicted octanol–water partition coefficient (Wildman–Crippen LogP) is -0.181. The summed E-state index contributed by atoms with van der Waals surface area (Å²) in [5.74, 6) is -0.226. The van der Waals surface area contributed by atoms with Crippen LogP contribution in [0.25, 0.3) is 5.65 Å². The molecule has 1 aliphatic heterocycles. The number of rotatable bonds is 7. The Morgan fingerprint density at radius 3 is 3.21 bits per heavy atom. The molecule has 0 radical (unpaired) electrons. The first-order valence-corrected chi connectivity index (χ1v) is 8.13. The molecule has 1 unspecified atom stereocenters. The minimum Gasteiger partial charge on any atom is -0.383 e. The molecule has 1 amide bonds. The molecule has 8 nitrogen and oxygen atoms in total. The van der Waals surface area contributed by atoms with E-state index in [4.69, 9.17) is 4.74 Å². The van der Waals surface area contributed by atoms with E-state index in [1.165, 1.54) is 0 Å². The van der Waals surface area contributed by atoms with Gasteiger partial charge in [-0.25, -0.2) is 9.50 Å². The van der Waals surface area contributed by atoms with Crippen LogP contribution in [0, 0.1) is 0 Å². The number of carbonyl (C=O) groups is 1. The molecule has 1 fully saturated rings. The number of piperidine rings is 1. The Labute approximate surface area is 140 Å². The number of hydrogen-bond acceptors (Lipinski definition) is 6. The number of likely N-dealkylation sites (tertiary alicyclic amines) is 1. The van der Waals surface area contributed by atoms with E-state index in [2.05, 4.69) is 15.4 Å². The van der Waals surface area contributed by atoms with E-state index in [1.54, 1.807) is 28.9 Å². The average Bonchev–Trinajstić information content (AvgIpc) is 3.00. The van der Waals surface area contributed by atoms with E-state index in [0.29, 0.717) is 32.7 Å². The Balaban J connectivity index is 1.59. The molecule has 24 heavy (non-hydrogen) atoms. The number of fused-ring (bicyclic) bond motifs is 1. The van der Waals surface area contributed by atoms with Crippen LogP contribution in [0.4, 0.5) is 0 Å². The number of nitrogens with zero attached hydrogens (tertiary/aromatic N) is 4. The molecule has 3 heterocycles. The second-order valence-electron chi connectivity index (χ2n) is 6.08. The SMILES string of the molecule is COCCN1CCCC(O)(CNCc2cnn3cccnc23)C1=O. The first kappa shape index (κ1) is 16.8. The fourth-order valence-electron chi connectivity index (χ4n) is 3.05. The molecular weight excluding hydrogens is 310 g/mol. The van der Waals surface area contributed by atoms with Crippen LogP contribution >= 0.6 is 0 Å². The number of ether oxygens (including phenoxy) is 1. The normalized spacial score (nSPS) is 21.6. The van der Waals surface area contributed by atoms with Gasteiger partial charge in [0.15, 0.2) is 11.2 Å². The fraction of sp³-hybridized carbons (Fsp3) is 0.562. The van der Waals surface area contributed by atoms with Crippen LogP contribution in [0.15, 0.2) is 24.7 Å². The second-order valence-corrected chi connectivity index (χ2v) is 6.08. The molecule has 2 N–H and O–H groups in total. The van der Waals surface area contributed by atoms with Crippen LogP contribution in [-0.2, 0) is 16.1 Å². The lowest BCUT2D eigenvalue weighted by Gasteiger charge is -2.38. The first-order chi connectivity index (χ1) is 11.6. The third kappa shape index (κ3) is 3.40. The summed E-state index contributed by atoms with van der Waals surface area (Å²) in [6.45, 7) is 2.36. The molecule has 0 aromatic carbocycles. The minimum absolute atomic E-state index is 0.208. The number of aliphatic hydroxyl groups is 1. The van der Waals surface area contributed by atoms with Gasteiger partial charge in [0, 0.05) is 51.2 Å². The number of amides is 1. The maximum Gasteiger partial charge on any atom is 0.255 e. The standard InChI is InChI=1S/C16H23N5O3/c1-24-9-8-20-6-2-4-16(23,15(20)22)12-17-10-13-11-19-21-7-3-5-18-14(13)21/h3,5,7,11,17,23H,2,4,6,8-10,12H2,1H3. The highest BCUT2D eigenvalue weighted by Gasteiger charge is 2.41. The van der Waals surface area contributed by atoms with Crippen molar-refractivity contribution in [2.75, 3.05) is 33.4 Å². The van der Waals surface area contributed by atoms with Crippen molar-refractivity contribution in [3.05, 3.63) is 30.2 Å². The largest absolute Gasteiger partial charge is 0.383 e.